The number of amides is 1. The van der Waals surface area contributed by atoms with Crippen LogP contribution in [0.1, 0.15) is 33.3 Å². The first-order chi connectivity index (χ1) is 10.5. The van der Waals surface area contributed by atoms with E-state index in [0.29, 0.717) is 6.21 Å². The molecule has 0 bridgehead atoms. The maximum Gasteiger partial charge on any atom is 0.414 e. The van der Waals surface area contributed by atoms with Crippen molar-refractivity contribution in [3.63, 3.8) is 0 Å². The second kappa shape index (κ2) is 5.40. The Morgan fingerprint density at radius 1 is 1.30 bits per heavy atom. The van der Waals surface area contributed by atoms with Crippen molar-refractivity contribution in [3.05, 3.63) is 29.3 Å². The van der Waals surface area contributed by atoms with E-state index in [1.165, 1.54) is 6.92 Å². The molecule has 0 saturated heterocycles. The molecule has 7 heteroatoms. The van der Waals surface area contributed by atoms with Gasteiger partial charge >= 0.3 is 6.09 Å². The summed E-state index contributed by atoms with van der Waals surface area (Å²) in [5.41, 5.74) is -1.85. The summed E-state index contributed by atoms with van der Waals surface area (Å²) in [4.78, 5) is 25.5. The van der Waals surface area contributed by atoms with Crippen molar-refractivity contribution in [3.8, 4) is 0 Å². The minimum Gasteiger partial charge on any atom is -0.443 e. The lowest BCUT2D eigenvalue weighted by molar-refractivity contribution is -0.116. The summed E-state index contributed by atoms with van der Waals surface area (Å²) in [6, 6.07) is 1.77. The van der Waals surface area contributed by atoms with E-state index in [2.05, 4.69) is 0 Å². The van der Waals surface area contributed by atoms with Gasteiger partial charge in [0, 0.05) is 12.6 Å². The van der Waals surface area contributed by atoms with Crippen molar-refractivity contribution in [2.45, 2.75) is 38.7 Å². The molecule has 1 unspecified atom stereocenters. The number of carbonyl (C=O) groups excluding carboxylic acids is 2. The Kier molecular flexibility index (Phi) is 4.00. The summed E-state index contributed by atoms with van der Waals surface area (Å²) in [6.45, 7) is 6.37. The summed E-state index contributed by atoms with van der Waals surface area (Å²) in [7, 11) is 0. The number of hydrogen-bond acceptors (Lipinski definition) is 4. The standard InChI is InChI=1S/C16H18F2N2O3/c1-15(2,3)23-14(22)20-8-16(4,13(21)7-19)9-5-10(17)11(18)6-12(9)20/h5-7,19H,8H2,1-4H3. The number of anilines is 1. The molecule has 0 fully saturated rings. The number of nitrogens with zero attached hydrogens (tertiary/aromatic N) is 1. The molecule has 23 heavy (non-hydrogen) atoms. The van der Waals surface area contributed by atoms with E-state index in [9.17, 15) is 18.4 Å². The van der Waals surface area contributed by atoms with Gasteiger partial charge in [0.25, 0.3) is 0 Å². The molecule has 1 aromatic carbocycles. The van der Waals surface area contributed by atoms with Gasteiger partial charge in [-0.1, -0.05) is 0 Å². The highest BCUT2D eigenvalue weighted by Gasteiger charge is 2.47. The molecule has 0 spiro atoms. The van der Waals surface area contributed by atoms with E-state index in [1.54, 1.807) is 20.8 Å². The summed E-state index contributed by atoms with van der Waals surface area (Å²) in [5.74, 6) is -2.83. The maximum absolute atomic E-state index is 13.6. The number of carbonyl (C=O) groups is 2. The molecule has 1 aliphatic rings. The Balaban J connectivity index is 2.55. The van der Waals surface area contributed by atoms with E-state index < -0.39 is 34.5 Å². The highest BCUT2D eigenvalue weighted by atomic mass is 19.2. The first-order valence-corrected chi connectivity index (χ1v) is 7.04. The van der Waals surface area contributed by atoms with Gasteiger partial charge in [-0.25, -0.2) is 13.6 Å². The van der Waals surface area contributed by atoms with Gasteiger partial charge in [0.05, 0.1) is 17.3 Å². The molecule has 0 radical (unpaired) electrons. The lowest BCUT2D eigenvalue weighted by atomic mass is 9.80. The largest absolute Gasteiger partial charge is 0.443 e. The smallest absolute Gasteiger partial charge is 0.414 e. The molecule has 1 heterocycles. The van der Waals surface area contributed by atoms with Crippen LogP contribution >= 0.6 is 0 Å². The summed E-state index contributed by atoms with van der Waals surface area (Å²) >= 11 is 0. The van der Waals surface area contributed by atoms with Gasteiger partial charge in [-0.2, -0.15) is 0 Å². The van der Waals surface area contributed by atoms with E-state index in [-0.39, 0.29) is 17.8 Å². The molecule has 0 saturated carbocycles. The molecule has 1 amide bonds. The van der Waals surface area contributed by atoms with E-state index in [4.69, 9.17) is 10.1 Å². The highest BCUT2D eigenvalue weighted by Crippen LogP contribution is 2.42. The van der Waals surface area contributed by atoms with Crippen LogP contribution in [0.2, 0.25) is 0 Å². The second-order valence-corrected chi connectivity index (χ2v) is 6.69. The third kappa shape index (κ3) is 2.95. The number of rotatable bonds is 2. The molecule has 0 aliphatic carbocycles. The number of benzene rings is 1. The minimum absolute atomic E-state index is 0.0795. The summed E-state index contributed by atoms with van der Waals surface area (Å²) in [5, 5.41) is 7.18. The fraction of sp³-hybridized carbons (Fsp3) is 0.438. The summed E-state index contributed by atoms with van der Waals surface area (Å²) < 4.78 is 32.5. The van der Waals surface area contributed by atoms with Crippen molar-refractivity contribution < 1.29 is 23.1 Å². The Labute approximate surface area is 132 Å². The van der Waals surface area contributed by atoms with Crippen molar-refractivity contribution >= 4 is 23.8 Å². The van der Waals surface area contributed by atoms with Gasteiger partial charge in [-0.15, -0.1) is 0 Å². The SMILES string of the molecule is CC(C)(C)OC(=O)N1CC(C)(C(=O)C=N)c2cc(F)c(F)cc21. The molecule has 0 aromatic heterocycles. The number of hydrogen-bond donors (Lipinski definition) is 1. The molecule has 124 valence electrons. The fourth-order valence-corrected chi connectivity index (χ4v) is 2.54. The van der Waals surface area contributed by atoms with Gasteiger partial charge in [0.15, 0.2) is 17.4 Å². The van der Waals surface area contributed by atoms with Crippen LogP contribution in [0, 0.1) is 17.0 Å². The first kappa shape index (κ1) is 17.1. The van der Waals surface area contributed by atoms with Crippen LogP contribution in [-0.2, 0) is 14.9 Å². The molecule has 5 nitrogen and oxygen atoms in total. The van der Waals surface area contributed by atoms with Crippen LogP contribution in [0.25, 0.3) is 0 Å². The molecule has 1 aromatic rings. The number of nitrogens with one attached hydrogen (secondary N) is 1. The Morgan fingerprint density at radius 3 is 2.39 bits per heavy atom. The monoisotopic (exact) mass is 324 g/mol. The van der Waals surface area contributed by atoms with Gasteiger partial charge in [0.1, 0.15) is 5.60 Å². The predicted molar refractivity (Wildman–Crippen MR) is 81.1 cm³/mol. The molecule has 2 rings (SSSR count). The normalized spacial score (nSPS) is 20.2. The van der Waals surface area contributed by atoms with Crippen LogP contribution in [0.5, 0.6) is 0 Å². The zero-order valence-corrected chi connectivity index (χ0v) is 13.4. The van der Waals surface area contributed by atoms with Gasteiger partial charge in [0.2, 0.25) is 0 Å². The quantitative estimate of drug-likeness (QED) is 0.849. The van der Waals surface area contributed by atoms with Gasteiger partial charge in [-0.05, 0) is 39.3 Å². The number of ketones is 1. The lowest BCUT2D eigenvalue weighted by Crippen LogP contribution is -2.42. The molecular formula is C16H18F2N2O3. The average molecular weight is 324 g/mol. The van der Waals surface area contributed by atoms with Crippen LogP contribution in [0.3, 0.4) is 0 Å². The Morgan fingerprint density at radius 2 is 1.87 bits per heavy atom. The van der Waals surface area contributed by atoms with Crippen molar-refractivity contribution in [2.75, 3.05) is 11.4 Å². The topological polar surface area (TPSA) is 70.5 Å². The van der Waals surface area contributed by atoms with Crippen LogP contribution in [0.15, 0.2) is 12.1 Å². The minimum atomic E-state index is -1.32. The van der Waals surface area contributed by atoms with Crippen LogP contribution < -0.4 is 4.90 Å². The molecule has 1 atom stereocenters. The number of fused-ring (bicyclic) bond motifs is 1. The van der Waals surface area contributed by atoms with Gasteiger partial charge in [-0.3, -0.25) is 9.69 Å². The third-order valence-electron chi connectivity index (χ3n) is 3.69. The van der Waals surface area contributed by atoms with Crippen molar-refractivity contribution in [2.24, 2.45) is 0 Å². The molecule has 1 N–H and O–H groups in total. The molecule has 1 aliphatic heterocycles. The Hall–Kier alpha value is -2.31. The zero-order chi connectivity index (χ0) is 17.6. The highest BCUT2D eigenvalue weighted by molar-refractivity contribution is 6.31. The second-order valence-electron chi connectivity index (χ2n) is 6.69. The van der Waals surface area contributed by atoms with Gasteiger partial charge < -0.3 is 10.1 Å². The van der Waals surface area contributed by atoms with Crippen molar-refractivity contribution in [1.29, 1.82) is 5.41 Å². The third-order valence-corrected chi connectivity index (χ3v) is 3.69. The average Bonchev–Trinajstić information content (AvgIpc) is 2.71. The predicted octanol–water partition coefficient (Wildman–Crippen LogP) is 3.20. The fourth-order valence-electron chi connectivity index (χ4n) is 2.54. The van der Waals surface area contributed by atoms with E-state index >= 15 is 0 Å². The molecular weight excluding hydrogens is 306 g/mol. The van der Waals surface area contributed by atoms with E-state index in [0.717, 1.165) is 17.0 Å². The van der Waals surface area contributed by atoms with E-state index in [1.807, 2.05) is 0 Å². The number of ether oxygens (including phenoxy) is 1. The summed E-state index contributed by atoms with van der Waals surface area (Å²) in [6.07, 6.45) is -0.143. The number of Topliss-reactive ketones (excluding diaryl/α,β-unsaturated/α-hetero) is 1. The number of halogens is 2. The first-order valence-electron chi connectivity index (χ1n) is 7.04. The van der Waals surface area contributed by atoms with Crippen LogP contribution in [0.4, 0.5) is 19.3 Å². The maximum atomic E-state index is 13.6. The van der Waals surface area contributed by atoms with Crippen molar-refractivity contribution in [1.82, 2.24) is 0 Å². The Bertz CT molecular complexity index is 697. The van der Waals surface area contributed by atoms with Crippen LogP contribution in [-0.4, -0.2) is 30.2 Å². The lowest BCUT2D eigenvalue weighted by Gasteiger charge is -2.26. The zero-order valence-electron chi connectivity index (χ0n) is 13.4.